The maximum Gasteiger partial charge on any atom is 0.415 e. The quantitative estimate of drug-likeness (QED) is 0.601. The van der Waals surface area contributed by atoms with Gasteiger partial charge in [0.15, 0.2) is 10.9 Å². The zero-order valence-electron chi connectivity index (χ0n) is 17.2. The Hall–Kier alpha value is -3.60. The minimum absolute atomic E-state index is 0.180. The van der Waals surface area contributed by atoms with Crippen LogP contribution in [0.25, 0.3) is 0 Å². The molecule has 162 valence electrons. The molecule has 0 spiro atoms. The predicted molar refractivity (Wildman–Crippen MR) is 113 cm³/mol. The minimum Gasteiger partial charge on any atom is -0.408 e. The van der Waals surface area contributed by atoms with Gasteiger partial charge in [-0.1, -0.05) is 12.1 Å². The summed E-state index contributed by atoms with van der Waals surface area (Å²) in [5.41, 5.74) is 2.46. The Labute approximate surface area is 182 Å². The smallest absolute Gasteiger partial charge is 0.408 e. The highest BCUT2D eigenvalue weighted by Gasteiger charge is 2.17. The monoisotopic (exact) mass is 444 g/mol. The molecule has 0 unspecified atom stereocenters. The van der Waals surface area contributed by atoms with Gasteiger partial charge in [-0.25, -0.2) is 19.0 Å². The number of halogens is 1. The molecule has 0 radical (unpaired) electrons. The third-order valence-corrected chi connectivity index (χ3v) is 4.97. The van der Waals surface area contributed by atoms with Gasteiger partial charge in [-0.2, -0.15) is 10.2 Å². The van der Waals surface area contributed by atoms with E-state index >= 15 is 0 Å². The fourth-order valence-electron chi connectivity index (χ4n) is 2.63. The van der Waals surface area contributed by atoms with Crippen molar-refractivity contribution in [1.82, 2.24) is 25.4 Å². The number of carbonyl (C=O) groups excluding carboxylic acids is 2. The molecular formula is C20H21FN6O3S. The van der Waals surface area contributed by atoms with Gasteiger partial charge >= 0.3 is 12.1 Å². The second-order valence-corrected chi connectivity index (χ2v) is 7.61. The van der Waals surface area contributed by atoms with Crippen molar-refractivity contribution >= 4 is 28.6 Å². The fraction of sp³-hybridized carbons (Fsp3) is 0.250. The summed E-state index contributed by atoms with van der Waals surface area (Å²) in [5.74, 6) is 0.0138. The topological polar surface area (TPSA) is 109 Å². The summed E-state index contributed by atoms with van der Waals surface area (Å²) >= 11 is 1.22. The maximum atomic E-state index is 13.2. The molecular weight excluding hydrogens is 423 g/mol. The van der Waals surface area contributed by atoms with Crippen molar-refractivity contribution in [2.45, 2.75) is 26.9 Å². The molecule has 1 aromatic carbocycles. The van der Waals surface area contributed by atoms with Crippen LogP contribution in [0.15, 0.2) is 35.8 Å². The minimum atomic E-state index is -0.561. The summed E-state index contributed by atoms with van der Waals surface area (Å²) in [6.45, 7) is 3.86. The maximum absolute atomic E-state index is 13.2. The van der Waals surface area contributed by atoms with Gasteiger partial charge in [0.25, 0.3) is 0 Å². The molecule has 11 heteroatoms. The van der Waals surface area contributed by atoms with E-state index in [2.05, 4.69) is 25.8 Å². The lowest BCUT2D eigenvalue weighted by Gasteiger charge is -2.17. The van der Waals surface area contributed by atoms with Crippen molar-refractivity contribution in [2.75, 3.05) is 12.4 Å². The number of urea groups is 1. The molecule has 0 atom stereocenters. The number of ether oxygens (including phenoxy) is 1. The van der Waals surface area contributed by atoms with Gasteiger partial charge in [-0.05, 0) is 31.5 Å². The van der Waals surface area contributed by atoms with Crippen LogP contribution in [0.5, 0.6) is 5.75 Å². The number of benzene rings is 1. The van der Waals surface area contributed by atoms with E-state index in [1.807, 2.05) is 0 Å². The lowest BCUT2D eigenvalue weighted by Crippen LogP contribution is -2.30. The first kappa shape index (κ1) is 22.1. The average Bonchev–Trinajstić information content (AvgIpc) is 3.15. The Bertz CT molecular complexity index is 1070. The van der Waals surface area contributed by atoms with Gasteiger partial charge in [0, 0.05) is 24.5 Å². The molecule has 3 aromatic rings. The number of nitrogens with one attached hydrogen (secondary N) is 2. The second kappa shape index (κ2) is 9.94. The predicted octanol–water partition coefficient (Wildman–Crippen LogP) is 3.64. The summed E-state index contributed by atoms with van der Waals surface area (Å²) in [6, 6.07) is 5.51. The van der Waals surface area contributed by atoms with Crippen LogP contribution in [-0.2, 0) is 13.1 Å². The third-order valence-electron chi connectivity index (χ3n) is 4.16. The number of carbonyl (C=O) groups is 2. The van der Waals surface area contributed by atoms with E-state index in [1.165, 1.54) is 34.6 Å². The SMILES string of the molecule is Cc1cnnc(C)c1OC(=O)N(C)Cc1csc(NC(=O)NCc2cccc(F)c2)n1. The van der Waals surface area contributed by atoms with E-state index in [0.717, 1.165) is 0 Å². The molecule has 3 rings (SSSR count). The Morgan fingerprint density at radius 2 is 2.10 bits per heavy atom. The molecule has 0 aliphatic rings. The molecule has 0 saturated heterocycles. The van der Waals surface area contributed by atoms with Crippen LogP contribution in [0.1, 0.15) is 22.5 Å². The van der Waals surface area contributed by atoms with Crippen LogP contribution in [0.4, 0.5) is 19.1 Å². The number of rotatable bonds is 6. The number of aryl methyl sites for hydroxylation is 2. The summed E-state index contributed by atoms with van der Waals surface area (Å²) in [7, 11) is 1.58. The first-order chi connectivity index (χ1) is 14.8. The van der Waals surface area contributed by atoms with E-state index < -0.39 is 12.1 Å². The highest BCUT2D eigenvalue weighted by atomic mass is 32.1. The van der Waals surface area contributed by atoms with Gasteiger partial charge < -0.3 is 15.0 Å². The number of anilines is 1. The van der Waals surface area contributed by atoms with Gasteiger partial charge in [-0.15, -0.1) is 11.3 Å². The standard InChI is InChI=1S/C20H21FN6O3S/c1-12-8-23-26-13(2)17(12)30-20(29)27(3)10-16-11-31-19(24-16)25-18(28)22-9-14-5-4-6-15(21)7-14/h4-8,11H,9-10H2,1-3H3,(H2,22,24,25,28). The van der Waals surface area contributed by atoms with E-state index in [0.29, 0.717) is 33.4 Å². The summed E-state index contributed by atoms with van der Waals surface area (Å²) in [5, 5.41) is 15.0. The second-order valence-electron chi connectivity index (χ2n) is 6.75. The molecule has 0 aliphatic heterocycles. The average molecular weight is 444 g/mol. The molecule has 9 nitrogen and oxygen atoms in total. The normalized spacial score (nSPS) is 10.5. The van der Waals surface area contributed by atoms with Gasteiger partial charge in [-0.3, -0.25) is 5.32 Å². The Balaban J connectivity index is 1.50. The molecule has 31 heavy (non-hydrogen) atoms. The highest BCUT2D eigenvalue weighted by molar-refractivity contribution is 7.13. The van der Waals surface area contributed by atoms with Crippen LogP contribution in [0.3, 0.4) is 0 Å². The molecule has 0 fully saturated rings. The van der Waals surface area contributed by atoms with E-state index in [1.54, 1.807) is 38.4 Å². The molecule has 2 heterocycles. The van der Waals surface area contributed by atoms with E-state index in [4.69, 9.17) is 4.74 Å². The first-order valence-electron chi connectivity index (χ1n) is 9.27. The van der Waals surface area contributed by atoms with Crippen LogP contribution < -0.4 is 15.4 Å². The lowest BCUT2D eigenvalue weighted by atomic mass is 10.2. The highest BCUT2D eigenvalue weighted by Crippen LogP contribution is 2.21. The molecule has 0 aliphatic carbocycles. The number of nitrogens with zero attached hydrogens (tertiary/aromatic N) is 4. The molecule has 2 aromatic heterocycles. The van der Waals surface area contributed by atoms with Gasteiger partial charge in [0.2, 0.25) is 0 Å². The van der Waals surface area contributed by atoms with Crippen LogP contribution in [-0.4, -0.2) is 39.3 Å². The Morgan fingerprint density at radius 3 is 2.84 bits per heavy atom. The molecule has 0 saturated carbocycles. The van der Waals surface area contributed by atoms with E-state index in [9.17, 15) is 14.0 Å². The zero-order chi connectivity index (χ0) is 22.4. The van der Waals surface area contributed by atoms with Crippen LogP contribution in [0.2, 0.25) is 0 Å². The van der Waals surface area contributed by atoms with Crippen molar-refractivity contribution < 1.29 is 18.7 Å². The number of aromatic nitrogens is 3. The summed E-state index contributed by atoms with van der Waals surface area (Å²) in [6.07, 6.45) is 0.961. The van der Waals surface area contributed by atoms with Crippen molar-refractivity contribution in [3.05, 3.63) is 64.2 Å². The van der Waals surface area contributed by atoms with Gasteiger partial charge in [0.1, 0.15) is 11.5 Å². The first-order valence-corrected chi connectivity index (χ1v) is 10.2. The fourth-order valence-corrected chi connectivity index (χ4v) is 3.32. The van der Waals surface area contributed by atoms with Crippen molar-refractivity contribution in [3.8, 4) is 5.75 Å². The van der Waals surface area contributed by atoms with Crippen molar-refractivity contribution in [2.24, 2.45) is 0 Å². The van der Waals surface area contributed by atoms with Crippen LogP contribution in [0, 0.1) is 19.7 Å². The zero-order valence-corrected chi connectivity index (χ0v) is 18.0. The Morgan fingerprint density at radius 1 is 1.29 bits per heavy atom. The third kappa shape index (κ3) is 6.19. The van der Waals surface area contributed by atoms with Crippen molar-refractivity contribution in [1.29, 1.82) is 0 Å². The molecule has 2 N–H and O–H groups in total. The van der Waals surface area contributed by atoms with Gasteiger partial charge in [0.05, 0.1) is 18.4 Å². The summed E-state index contributed by atoms with van der Waals surface area (Å²) < 4.78 is 18.6. The van der Waals surface area contributed by atoms with Crippen LogP contribution >= 0.6 is 11.3 Å². The summed E-state index contributed by atoms with van der Waals surface area (Å²) in [4.78, 5) is 30.1. The number of hydrogen-bond donors (Lipinski definition) is 2. The number of hydrogen-bond acceptors (Lipinski definition) is 7. The lowest BCUT2D eigenvalue weighted by molar-refractivity contribution is 0.159. The van der Waals surface area contributed by atoms with Crippen molar-refractivity contribution in [3.63, 3.8) is 0 Å². The largest absolute Gasteiger partial charge is 0.415 e. The molecule has 3 amide bonds. The number of thiazole rings is 1. The molecule has 0 bridgehead atoms. The number of amides is 3. The van der Waals surface area contributed by atoms with E-state index in [-0.39, 0.29) is 18.9 Å². The Kier molecular flexibility index (Phi) is 7.08.